The number of hydrogen-bond acceptors (Lipinski definition) is 4. The maximum Gasteiger partial charge on any atom is 0.227 e. The van der Waals surface area contributed by atoms with Gasteiger partial charge in [0.05, 0.1) is 23.5 Å². The lowest BCUT2D eigenvalue weighted by Crippen LogP contribution is -2.59. The highest BCUT2D eigenvalue weighted by Crippen LogP contribution is 2.42. The van der Waals surface area contributed by atoms with Gasteiger partial charge in [-0.05, 0) is 19.8 Å². The fourth-order valence-electron chi connectivity index (χ4n) is 5.14. The molecule has 152 valence electrons. The van der Waals surface area contributed by atoms with Gasteiger partial charge in [0.2, 0.25) is 17.7 Å². The molecule has 8 nitrogen and oxygen atoms in total. The Morgan fingerprint density at radius 1 is 1.25 bits per heavy atom. The van der Waals surface area contributed by atoms with Crippen LogP contribution in [0.2, 0.25) is 0 Å². The monoisotopic (exact) mass is 387 g/mol. The highest BCUT2D eigenvalue weighted by Gasteiger charge is 2.49. The van der Waals surface area contributed by atoms with Crippen molar-refractivity contribution in [3.63, 3.8) is 0 Å². The molecular weight excluding hydrogens is 358 g/mol. The molecule has 1 aromatic rings. The molecule has 1 atom stereocenters. The first-order valence-electron chi connectivity index (χ1n) is 10.4. The van der Waals surface area contributed by atoms with E-state index < -0.39 is 5.54 Å². The number of nitrogens with one attached hydrogen (secondary N) is 1. The molecule has 1 N–H and O–H groups in total. The van der Waals surface area contributed by atoms with Gasteiger partial charge >= 0.3 is 0 Å². The molecule has 2 fully saturated rings. The SMILES string of the molecule is CCC(=O)N1CCc2[nH]cnc2C12CCN(C(=O)C1CC(=O)N(CC)C1)CC2. The first kappa shape index (κ1) is 19.0. The van der Waals surface area contributed by atoms with Crippen LogP contribution < -0.4 is 0 Å². The van der Waals surface area contributed by atoms with Gasteiger partial charge in [0.15, 0.2) is 0 Å². The molecule has 0 radical (unpaired) electrons. The van der Waals surface area contributed by atoms with E-state index in [0.717, 1.165) is 17.8 Å². The highest BCUT2D eigenvalue weighted by molar-refractivity contribution is 5.89. The summed E-state index contributed by atoms with van der Waals surface area (Å²) in [6.45, 7) is 6.90. The standard InChI is InChI=1S/C20H29N5O3/c1-3-16(26)25-8-5-15-18(22-13-21-15)20(25)6-9-24(10-7-20)19(28)14-11-17(27)23(4-2)12-14/h13-14H,3-12H2,1-2H3,(H,21,22). The van der Waals surface area contributed by atoms with Crippen LogP contribution >= 0.6 is 0 Å². The van der Waals surface area contributed by atoms with E-state index in [1.54, 1.807) is 11.2 Å². The molecule has 0 aliphatic carbocycles. The molecule has 1 spiro atoms. The van der Waals surface area contributed by atoms with E-state index >= 15 is 0 Å². The van der Waals surface area contributed by atoms with Crippen molar-refractivity contribution in [3.8, 4) is 0 Å². The van der Waals surface area contributed by atoms with Gasteiger partial charge < -0.3 is 19.7 Å². The van der Waals surface area contributed by atoms with E-state index in [1.807, 2.05) is 23.6 Å². The first-order chi connectivity index (χ1) is 13.5. The minimum Gasteiger partial charge on any atom is -0.348 e. The van der Waals surface area contributed by atoms with Crippen LogP contribution in [0.3, 0.4) is 0 Å². The molecule has 0 aromatic carbocycles. The summed E-state index contributed by atoms with van der Waals surface area (Å²) >= 11 is 0. The Morgan fingerprint density at radius 2 is 2.00 bits per heavy atom. The molecule has 1 unspecified atom stereocenters. The lowest BCUT2D eigenvalue weighted by molar-refractivity contribution is -0.145. The number of carbonyl (C=O) groups excluding carboxylic acids is 3. The summed E-state index contributed by atoms with van der Waals surface area (Å²) in [5, 5.41) is 0. The maximum absolute atomic E-state index is 13.0. The fourth-order valence-corrected chi connectivity index (χ4v) is 5.14. The van der Waals surface area contributed by atoms with Gasteiger partial charge in [-0.1, -0.05) is 6.92 Å². The summed E-state index contributed by atoms with van der Waals surface area (Å²) < 4.78 is 0. The molecule has 3 aliphatic heterocycles. The van der Waals surface area contributed by atoms with E-state index in [9.17, 15) is 14.4 Å². The molecule has 0 saturated carbocycles. The minimum absolute atomic E-state index is 0.0718. The maximum atomic E-state index is 13.0. The first-order valence-corrected chi connectivity index (χ1v) is 10.4. The third-order valence-electron chi connectivity index (χ3n) is 6.71. The largest absolute Gasteiger partial charge is 0.348 e. The number of amides is 3. The van der Waals surface area contributed by atoms with Crippen LogP contribution in [0.4, 0.5) is 0 Å². The molecule has 4 rings (SSSR count). The molecule has 4 heterocycles. The van der Waals surface area contributed by atoms with Gasteiger partial charge in [-0.3, -0.25) is 14.4 Å². The topological polar surface area (TPSA) is 89.6 Å². The number of imidazole rings is 1. The van der Waals surface area contributed by atoms with Crippen molar-refractivity contribution < 1.29 is 14.4 Å². The van der Waals surface area contributed by atoms with Crippen LogP contribution in [0.5, 0.6) is 0 Å². The predicted molar refractivity (Wildman–Crippen MR) is 102 cm³/mol. The Morgan fingerprint density at radius 3 is 2.64 bits per heavy atom. The molecule has 3 aliphatic rings. The van der Waals surface area contributed by atoms with Crippen molar-refractivity contribution in [1.29, 1.82) is 0 Å². The van der Waals surface area contributed by atoms with Crippen LogP contribution in [0.25, 0.3) is 0 Å². The number of H-pyrrole nitrogens is 1. The summed E-state index contributed by atoms with van der Waals surface area (Å²) in [6, 6.07) is 0. The molecule has 3 amide bonds. The molecule has 1 aromatic heterocycles. The Kier molecular flexibility index (Phi) is 4.89. The summed E-state index contributed by atoms with van der Waals surface area (Å²) in [6.07, 6.45) is 4.69. The Bertz CT molecular complexity index is 781. The van der Waals surface area contributed by atoms with Crippen LogP contribution in [-0.4, -0.2) is 75.1 Å². The number of nitrogens with zero attached hydrogens (tertiary/aromatic N) is 4. The Balaban J connectivity index is 1.51. The summed E-state index contributed by atoms with van der Waals surface area (Å²) in [5.74, 6) is 0.0589. The molecule has 0 bridgehead atoms. The van der Waals surface area contributed by atoms with Crippen LogP contribution in [0.1, 0.15) is 50.9 Å². The lowest BCUT2D eigenvalue weighted by atomic mass is 9.78. The number of rotatable bonds is 3. The Labute approximate surface area is 165 Å². The number of aromatic amines is 1. The number of piperidine rings is 1. The van der Waals surface area contributed by atoms with E-state index in [1.165, 1.54) is 0 Å². The van der Waals surface area contributed by atoms with Crippen molar-refractivity contribution in [2.75, 3.05) is 32.7 Å². The van der Waals surface area contributed by atoms with E-state index in [4.69, 9.17) is 0 Å². The average molecular weight is 387 g/mol. The minimum atomic E-state index is -0.418. The van der Waals surface area contributed by atoms with Crippen molar-refractivity contribution in [3.05, 3.63) is 17.7 Å². The third kappa shape index (κ3) is 2.89. The zero-order valence-electron chi connectivity index (χ0n) is 16.7. The van der Waals surface area contributed by atoms with E-state index in [-0.39, 0.29) is 23.6 Å². The summed E-state index contributed by atoms with van der Waals surface area (Å²) in [5.41, 5.74) is 1.67. The van der Waals surface area contributed by atoms with Gasteiger partial charge in [0.25, 0.3) is 0 Å². The van der Waals surface area contributed by atoms with Crippen LogP contribution in [0.15, 0.2) is 6.33 Å². The Hall–Kier alpha value is -2.38. The van der Waals surface area contributed by atoms with Crippen molar-refractivity contribution >= 4 is 17.7 Å². The van der Waals surface area contributed by atoms with Crippen molar-refractivity contribution in [1.82, 2.24) is 24.7 Å². The van der Waals surface area contributed by atoms with Crippen LogP contribution in [0, 0.1) is 5.92 Å². The van der Waals surface area contributed by atoms with E-state index in [0.29, 0.717) is 58.4 Å². The zero-order chi connectivity index (χ0) is 19.9. The number of fused-ring (bicyclic) bond motifs is 2. The third-order valence-corrected chi connectivity index (χ3v) is 6.71. The lowest BCUT2D eigenvalue weighted by Gasteiger charge is -2.50. The molecule has 2 saturated heterocycles. The van der Waals surface area contributed by atoms with E-state index in [2.05, 4.69) is 9.97 Å². The number of hydrogen-bond donors (Lipinski definition) is 1. The number of likely N-dealkylation sites (tertiary alicyclic amines) is 2. The van der Waals surface area contributed by atoms with Gasteiger partial charge in [-0.25, -0.2) is 4.98 Å². The quantitative estimate of drug-likeness (QED) is 0.834. The van der Waals surface area contributed by atoms with Gasteiger partial charge in [0, 0.05) is 57.7 Å². The smallest absolute Gasteiger partial charge is 0.227 e. The van der Waals surface area contributed by atoms with Crippen molar-refractivity contribution in [2.24, 2.45) is 5.92 Å². The van der Waals surface area contributed by atoms with Gasteiger partial charge in [-0.2, -0.15) is 0 Å². The second kappa shape index (κ2) is 7.22. The van der Waals surface area contributed by atoms with Gasteiger partial charge in [-0.15, -0.1) is 0 Å². The fraction of sp³-hybridized carbons (Fsp3) is 0.700. The molecular formula is C20H29N5O3. The highest BCUT2D eigenvalue weighted by atomic mass is 16.2. The normalized spacial score (nSPS) is 24.0. The van der Waals surface area contributed by atoms with Crippen LogP contribution in [-0.2, 0) is 26.3 Å². The average Bonchev–Trinajstić information content (AvgIpc) is 3.34. The number of aromatic nitrogens is 2. The second-order valence-corrected chi connectivity index (χ2v) is 8.07. The zero-order valence-corrected chi connectivity index (χ0v) is 16.7. The number of carbonyl (C=O) groups is 3. The van der Waals surface area contributed by atoms with Crippen molar-refractivity contribution in [2.45, 2.75) is 51.5 Å². The molecule has 8 heteroatoms. The van der Waals surface area contributed by atoms with Gasteiger partial charge in [0.1, 0.15) is 0 Å². The second-order valence-electron chi connectivity index (χ2n) is 8.07. The summed E-state index contributed by atoms with van der Waals surface area (Å²) in [4.78, 5) is 51.1. The predicted octanol–water partition coefficient (Wildman–Crippen LogP) is 0.891. The summed E-state index contributed by atoms with van der Waals surface area (Å²) in [7, 11) is 0. The molecule has 28 heavy (non-hydrogen) atoms.